The quantitative estimate of drug-likeness (QED) is 0.216. The van der Waals surface area contributed by atoms with Crippen LogP contribution in [0.3, 0.4) is 0 Å². The van der Waals surface area contributed by atoms with Crippen molar-refractivity contribution >= 4 is 35.5 Å². The van der Waals surface area contributed by atoms with Crippen molar-refractivity contribution in [2.45, 2.75) is 57.6 Å². The second-order valence-corrected chi connectivity index (χ2v) is 9.01. The van der Waals surface area contributed by atoms with E-state index in [1.165, 1.54) is 23.6 Å². The van der Waals surface area contributed by atoms with E-state index in [2.05, 4.69) is 12.2 Å². The molecule has 33 heavy (non-hydrogen) atoms. The van der Waals surface area contributed by atoms with E-state index < -0.39 is 24.1 Å². The average molecular weight is 477 g/mol. The molecule has 10 heteroatoms. The first kappa shape index (κ1) is 24.6. The maximum atomic E-state index is 12.7. The monoisotopic (exact) mass is 476 g/mol. The van der Waals surface area contributed by atoms with Gasteiger partial charge in [-0.25, -0.2) is 4.79 Å². The lowest BCUT2D eigenvalue weighted by Crippen LogP contribution is -2.56. The number of carboxylic acid groups (broad SMARTS) is 1. The van der Waals surface area contributed by atoms with E-state index in [9.17, 15) is 24.3 Å². The van der Waals surface area contributed by atoms with E-state index >= 15 is 0 Å². The maximum Gasteiger partial charge on any atom is 0.352 e. The fourth-order valence-electron chi connectivity index (χ4n) is 3.62. The number of nitrogens with one attached hydrogen (secondary N) is 1. The smallest absolute Gasteiger partial charge is 0.352 e. The lowest BCUT2D eigenvalue weighted by molar-refractivity contribution is -0.149. The van der Waals surface area contributed by atoms with E-state index in [-0.39, 0.29) is 41.1 Å². The Morgan fingerprint density at radius 3 is 2.58 bits per heavy atom. The summed E-state index contributed by atoms with van der Waals surface area (Å²) in [5, 5.41) is 12.0. The Bertz CT molecular complexity index is 945. The lowest BCUT2D eigenvalue weighted by Gasteiger charge is -2.44. The summed E-state index contributed by atoms with van der Waals surface area (Å²) in [6.45, 7) is 3.93. The minimum Gasteiger partial charge on any atom is -0.494 e. The third-order valence-electron chi connectivity index (χ3n) is 5.28. The van der Waals surface area contributed by atoms with E-state index in [4.69, 9.17) is 9.47 Å². The highest BCUT2D eigenvalue weighted by molar-refractivity contribution is 8.00. The summed E-state index contributed by atoms with van der Waals surface area (Å²) >= 11 is 1.37. The zero-order chi connectivity index (χ0) is 24.0. The predicted octanol–water partition coefficient (Wildman–Crippen LogP) is 2.45. The van der Waals surface area contributed by atoms with Gasteiger partial charge in [-0.2, -0.15) is 0 Å². The molecule has 1 unspecified atom stereocenters. The number of benzene rings is 1. The van der Waals surface area contributed by atoms with Gasteiger partial charge in [-0.05, 0) is 24.1 Å². The van der Waals surface area contributed by atoms with Crippen LogP contribution in [0.5, 0.6) is 5.75 Å². The van der Waals surface area contributed by atoms with Crippen LogP contribution in [0.15, 0.2) is 35.5 Å². The molecule has 0 aliphatic carbocycles. The van der Waals surface area contributed by atoms with Crippen LogP contribution in [-0.2, 0) is 30.3 Å². The van der Waals surface area contributed by atoms with E-state index in [1.807, 2.05) is 0 Å². The van der Waals surface area contributed by atoms with Gasteiger partial charge in [-0.3, -0.25) is 19.3 Å². The van der Waals surface area contributed by atoms with Crippen molar-refractivity contribution < 1.29 is 33.8 Å². The molecule has 2 N–H and O–H groups in total. The first-order valence-electron chi connectivity index (χ1n) is 10.9. The Hall–Kier alpha value is -3.01. The normalized spacial score (nSPS) is 18.2. The van der Waals surface area contributed by atoms with Crippen LogP contribution in [0.25, 0.3) is 0 Å². The molecule has 178 valence electrons. The number of thioether (sulfide) groups is 1. The molecule has 3 rings (SSSR count). The predicted molar refractivity (Wildman–Crippen MR) is 121 cm³/mol. The van der Waals surface area contributed by atoms with Gasteiger partial charge in [-0.15, -0.1) is 11.8 Å². The Morgan fingerprint density at radius 2 is 1.97 bits per heavy atom. The molecule has 0 aromatic heterocycles. The number of fused-ring (bicyclic) bond motifs is 1. The van der Waals surface area contributed by atoms with Gasteiger partial charge in [-0.1, -0.05) is 31.9 Å². The molecule has 1 fully saturated rings. The van der Waals surface area contributed by atoms with Crippen molar-refractivity contribution in [2.24, 2.45) is 0 Å². The van der Waals surface area contributed by atoms with Crippen molar-refractivity contribution in [3.8, 4) is 5.75 Å². The molecule has 1 saturated heterocycles. The van der Waals surface area contributed by atoms with Gasteiger partial charge >= 0.3 is 11.9 Å². The third-order valence-corrected chi connectivity index (χ3v) is 6.52. The van der Waals surface area contributed by atoms with E-state index in [0.29, 0.717) is 6.61 Å². The first-order valence-corrected chi connectivity index (χ1v) is 11.9. The van der Waals surface area contributed by atoms with Crippen LogP contribution in [0.4, 0.5) is 0 Å². The maximum absolute atomic E-state index is 12.7. The molecule has 2 heterocycles. The molecule has 1 aromatic rings. The molecule has 0 spiro atoms. The molecule has 0 radical (unpaired) electrons. The number of carboxylic acids is 1. The number of ether oxygens (including phenoxy) is 2. The highest BCUT2D eigenvalue weighted by Crippen LogP contribution is 2.40. The van der Waals surface area contributed by atoms with Gasteiger partial charge in [0, 0.05) is 18.2 Å². The second-order valence-electron chi connectivity index (χ2n) is 7.85. The molecule has 2 aliphatic rings. The van der Waals surface area contributed by atoms with Gasteiger partial charge in [0.25, 0.3) is 0 Å². The minimum absolute atomic E-state index is 0.00196. The van der Waals surface area contributed by atoms with E-state index in [1.54, 1.807) is 24.3 Å². The summed E-state index contributed by atoms with van der Waals surface area (Å²) in [7, 11) is 0. The summed E-state index contributed by atoms with van der Waals surface area (Å²) in [5.74, 6) is -1.80. The van der Waals surface area contributed by atoms with Crippen molar-refractivity contribution in [1.82, 2.24) is 10.2 Å². The summed E-state index contributed by atoms with van der Waals surface area (Å²) in [6.07, 6.45) is 2.19. The van der Waals surface area contributed by atoms with Crippen LogP contribution >= 0.6 is 11.8 Å². The number of unbranched alkanes of at least 4 members (excludes halogenated alkanes) is 2. The Balaban J connectivity index is 1.68. The topological polar surface area (TPSA) is 122 Å². The summed E-state index contributed by atoms with van der Waals surface area (Å²) in [5.41, 5.74) is 0.667. The fraction of sp³-hybridized carbons (Fsp3) is 0.478. The van der Waals surface area contributed by atoms with Gasteiger partial charge in [0.2, 0.25) is 18.0 Å². The average Bonchev–Trinajstić information content (AvgIpc) is 2.75. The van der Waals surface area contributed by atoms with Crippen molar-refractivity contribution in [3.63, 3.8) is 0 Å². The molecule has 2 atom stereocenters. The van der Waals surface area contributed by atoms with Crippen LogP contribution in [0.1, 0.15) is 45.1 Å². The zero-order valence-electron chi connectivity index (χ0n) is 18.7. The number of amides is 2. The molecular formula is C23H28N2O7S. The zero-order valence-corrected chi connectivity index (χ0v) is 19.5. The Labute approximate surface area is 196 Å². The highest BCUT2D eigenvalue weighted by Gasteiger charge is 2.47. The lowest BCUT2D eigenvalue weighted by atomic mass is 10.1. The molecule has 1 aromatic carbocycles. The van der Waals surface area contributed by atoms with Crippen LogP contribution < -0.4 is 10.1 Å². The third kappa shape index (κ3) is 6.28. The number of aliphatic carboxylic acids is 1. The Kier molecular flexibility index (Phi) is 8.37. The molecule has 9 nitrogen and oxygen atoms in total. The fourth-order valence-corrected chi connectivity index (χ4v) is 4.91. The summed E-state index contributed by atoms with van der Waals surface area (Å²) < 4.78 is 10.9. The molecular weight excluding hydrogens is 448 g/mol. The second kappa shape index (κ2) is 11.2. The minimum atomic E-state index is -1.30. The van der Waals surface area contributed by atoms with Crippen LogP contribution in [-0.4, -0.2) is 57.7 Å². The number of hydrogen-bond acceptors (Lipinski definition) is 7. The van der Waals surface area contributed by atoms with Crippen LogP contribution in [0.2, 0.25) is 0 Å². The number of nitrogens with zero attached hydrogens (tertiary/aromatic N) is 1. The number of hydrogen-bond donors (Lipinski definition) is 2. The molecule has 0 bridgehead atoms. The molecule has 2 amide bonds. The van der Waals surface area contributed by atoms with Gasteiger partial charge in [0.15, 0.2) is 0 Å². The molecule has 0 saturated carbocycles. The SMILES string of the molecule is CCCCCOc1ccc(CC(=O)NC(OC(C)=O)C2=C(C(=O)O)N3C(=O)C[C@H]3SC2)cc1. The van der Waals surface area contributed by atoms with Crippen molar-refractivity contribution in [3.05, 3.63) is 41.1 Å². The number of carbonyl (C=O) groups is 4. The number of β-lactam (4-membered cyclic amide) rings is 1. The number of carbonyl (C=O) groups excluding carboxylic acids is 3. The first-order chi connectivity index (χ1) is 15.8. The highest BCUT2D eigenvalue weighted by atomic mass is 32.2. The number of rotatable bonds is 11. The standard InChI is InChI=1S/C23H28N2O7S/c1-3-4-5-10-31-16-8-6-15(7-9-16)11-18(27)24-22(32-14(2)26)17-13-33-20-12-19(28)25(20)21(17)23(29)30/h6-9,20,22H,3-5,10-13H2,1-2H3,(H,24,27)(H,29,30)/t20-,22?/m1/s1. The van der Waals surface area contributed by atoms with Crippen molar-refractivity contribution in [2.75, 3.05) is 12.4 Å². The largest absolute Gasteiger partial charge is 0.494 e. The molecule has 2 aliphatic heterocycles. The van der Waals surface area contributed by atoms with E-state index in [0.717, 1.165) is 30.6 Å². The summed E-state index contributed by atoms with van der Waals surface area (Å²) in [4.78, 5) is 49.4. The van der Waals surface area contributed by atoms with Gasteiger partial charge < -0.3 is 19.9 Å². The number of esters is 1. The van der Waals surface area contributed by atoms with Crippen molar-refractivity contribution in [1.29, 1.82) is 0 Å². The van der Waals surface area contributed by atoms with Gasteiger partial charge in [0.05, 0.1) is 24.8 Å². The van der Waals surface area contributed by atoms with Gasteiger partial charge in [0.1, 0.15) is 11.4 Å². The Morgan fingerprint density at radius 1 is 1.24 bits per heavy atom. The summed E-state index contributed by atoms with van der Waals surface area (Å²) in [6, 6.07) is 7.13. The van der Waals surface area contributed by atoms with Crippen LogP contribution in [0, 0.1) is 0 Å².